The Morgan fingerprint density at radius 1 is 1.86 bits per heavy atom. The Morgan fingerprint density at radius 2 is 2.57 bits per heavy atom. The third-order valence-corrected chi connectivity index (χ3v) is 1.64. The monoisotopic (exact) mass is 120 g/mol. The number of nitrogens with one attached hydrogen (secondary N) is 1. The van der Waals surface area contributed by atoms with Crippen LogP contribution in [0.5, 0.6) is 0 Å². The molecule has 1 rings (SSSR count). The van der Waals surface area contributed by atoms with E-state index in [2.05, 4.69) is 10.2 Å². The average Bonchev–Trinajstić information content (AvgIpc) is 1.91. The molecule has 1 unspecified atom stereocenters. The molecular weight excluding hydrogens is 112 g/mol. The fourth-order valence-electron chi connectivity index (χ4n) is 0.615. The van der Waals surface area contributed by atoms with Crippen molar-refractivity contribution < 1.29 is 0 Å². The van der Waals surface area contributed by atoms with Crippen LogP contribution in [0.3, 0.4) is 0 Å². The summed E-state index contributed by atoms with van der Waals surface area (Å²) in [5.74, 6) is 0. The number of likely N-dealkylation sites (N-methyl/N-ethyl adjacent to an activating group) is 1. The first-order chi connectivity index (χ1) is 3.30. The topological polar surface area (TPSA) is 15.3 Å². The molecule has 0 amide bonds. The number of alkyl halides is 1. The first-order valence-corrected chi connectivity index (χ1v) is 2.79. The van der Waals surface area contributed by atoms with E-state index in [9.17, 15) is 0 Å². The average molecular weight is 121 g/mol. The summed E-state index contributed by atoms with van der Waals surface area (Å²) in [5, 5.41) is 3.12. The van der Waals surface area contributed by atoms with Gasteiger partial charge in [0, 0.05) is 13.2 Å². The fraction of sp³-hybridized carbons (Fsp3) is 1.00. The van der Waals surface area contributed by atoms with Crippen LogP contribution >= 0.6 is 11.6 Å². The number of rotatable bonds is 0. The Hall–Kier alpha value is 0.210. The molecule has 1 saturated heterocycles. The van der Waals surface area contributed by atoms with Crippen LogP contribution in [-0.4, -0.2) is 30.7 Å². The van der Waals surface area contributed by atoms with E-state index >= 15 is 0 Å². The van der Waals surface area contributed by atoms with E-state index in [1.54, 1.807) is 0 Å². The quantitative estimate of drug-likeness (QED) is 0.359. The minimum Gasteiger partial charge on any atom is -0.301 e. The lowest BCUT2D eigenvalue weighted by Crippen LogP contribution is -2.20. The lowest BCUT2D eigenvalue weighted by molar-refractivity contribution is 0.384. The van der Waals surface area contributed by atoms with E-state index in [0.717, 1.165) is 13.2 Å². The summed E-state index contributed by atoms with van der Waals surface area (Å²) in [4.78, 5) is 2.06. The number of hydrogen-bond acceptors (Lipinski definition) is 2. The van der Waals surface area contributed by atoms with Crippen molar-refractivity contribution in [3.05, 3.63) is 0 Å². The minimum atomic E-state index is 0.208. The second kappa shape index (κ2) is 1.99. The number of nitrogens with zero attached hydrogens (tertiary/aromatic N) is 1. The summed E-state index contributed by atoms with van der Waals surface area (Å²) in [6.45, 7) is 1.84. The van der Waals surface area contributed by atoms with Crippen LogP contribution in [0.1, 0.15) is 0 Å². The van der Waals surface area contributed by atoms with Gasteiger partial charge in [0.15, 0.2) is 0 Å². The summed E-state index contributed by atoms with van der Waals surface area (Å²) in [6, 6.07) is 0. The highest BCUT2D eigenvalue weighted by atomic mass is 35.5. The molecule has 2 nitrogen and oxygen atoms in total. The lowest BCUT2D eigenvalue weighted by atomic mass is 10.6. The Morgan fingerprint density at radius 3 is 2.71 bits per heavy atom. The molecule has 7 heavy (non-hydrogen) atoms. The summed E-state index contributed by atoms with van der Waals surface area (Å²) in [7, 11) is 2.00. The van der Waals surface area contributed by atoms with Crippen molar-refractivity contribution in [2.45, 2.75) is 5.50 Å². The highest BCUT2D eigenvalue weighted by Gasteiger charge is 2.15. The number of hydrogen-bond donors (Lipinski definition) is 1. The van der Waals surface area contributed by atoms with Gasteiger partial charge in [0.2, 0.25) is 0 Å². The first-order valence-electron chi connectivity index (χ1n) is 2.36. The van der Waals surface area contributed by atoms with Crippen molar-refractivity contribution in [1.29, 1.82) is 0 Å². The van der Waals surface area contributed by atoms with E-state index in [1.165, 1.54) is 0 Å². The molecule has 42 valence electrons. The molecule has 1 N–H and O–H groups in total. The van der Waals surface area contributed by atoms with Gasteiger partial charge in [-0.1, -0.05) is 0 Å². The zero-order chi connectivity index (χ0) is 5.28. The van der Waals surface area contributed by atoms with E-state index in [0.29, 0.717) is 0 Å². The van der Waals surface area contributed by atoms with E-state index in [4.69, 9.17) is 11.6 Å². The molecule has 0 aromatic carbocycles. The van der Waals surface area contributed by atoms with E-state index in [-0.39, 0.29) is 5.50 Å². The Kier molecular flexibility index (Phi) is 1.52. The molecule has 0 saturated carbocycles. The predicted molar refractivity (Wildman–Crippen MR) is 30.3 cm³/mol. The molecule has 1 aliphatic heterocycles. The summed E-state index contributed by atoms with van der Waals surface area (Å²) in [6.07, 6.45) is 0. The van der Waals surface area contributed by atoms with Crippen LogP contribution in [0, 0.1) is 0 Å². The molecule has 3 heteroatoms. The van der Waals surface area contributed by atoms with E-state index < -0.39 is 0 Å². The molecule has 0 aliphatic carbocycles. The van der Waals surface area contributed by atoms with E-state index in [1.807, 2.05) is 7.05 Å². The van der Waals surface area contributed by atoms with Crippen LogP contribution < -0.4 is 5.32 Å². The van der Waals surface area contributed by atoms with Gasteiger partial charge >= 0.3 is 0 Å². The van der Waals surface area contributed by atoms with Gasteiger partial charge in [-0.3, -0.25) is 4.90 Å². The second-order valence-corrected chi connectivity index (χ2v) is 2.31. The standard InChI is InChI=1S/C4H9ClN2/c1-7-3-6-2-4(7)5/h4,6H,2-3H2,1H3. The van der Waals surface area contributed by atoms with Gasteiger partial charge in [-0.25, -0.2) is 0 Å². The predicted octanol–water partition coefficient (Wildman–Crippen LogP) is 0.0438. The Bertz CT molecular complexity index is 58.7. The Balaban J connectivity index is 2.33. The van der Waals surface area contributed by atoms with Crippen molar-refractivity contribution in [1.82, 2.24) is 10.2 Å². The summed E-state index contributed by atoms with van der Waals surface area (Å²) < 4.78 is 0. The van der Waals surface area contributed by atoms with Crippen LogP contribution in [0.4, 0.5) is 0 Å². The Labute approximate surface area is 48.4 Å². The summed E-state index contributed by atoms with van der Waals surface area (Å²) >= 11 is 5.73. The van der Waals surface area contributed by atoms with Gasteiger partial charge in [-0.05, 0) is 7.05 Å². The van der Waals surface area contributed by atoms with Crippen LogP contribution in [0.15, 0.2) is 0 Å². The van der Waals surface area contributed by atoms with Crippen molar-refractivity contribution in [2.24, 2.45) is 0 Å². The normalized spacial score (nSPS) is 34.3. The maximum absolute atomic E-state index is 5.73. The molecule has 1 fully saturated rings. The highest BCUT2D eigenvalue weighted by Crippen LogP contribution is 2.03. The molecule has 0 aromatic heterocycles. The second-order valence-electron chi connectivity index (χ2n) is 1.80. The fourth-order valence-corrected chi connectivity index (χ4v) is 0.793. The summed E-state index contributed by atoms with van der Waals surface area (Å²) in [5.41, 5.74) is 0.208. The van der Waals surface area contributed by atoms with Gasteiger partial charge in [0.1, 0.15) is 0 Å². The third-order valence-electron chi connectivity index (χ3n) is 1.15. The van der Waals surface area contributed by atoms with Crippen molar-refractivity contribution >= 4 is 11.6 Å². The van der Waals surface area contributed by atoms with Gasteiger partial charge < -0.3 is 5.32 Å². The number of halogens is 1. The van der Waals surface area contributed by atoms with Crippen molar-refractivity contribution in [3.63, 3.8) is 0 Å². The third kappa shape index (κ3) is 1.06. The largest absolute Gasteiger partial charge is 0.301 e. The molecule has 0 aromatic rings. The van der Waals surface area contributed by atoms with Gasteiger partial charge in [0.05, 0.1) is 5.50 Å². The molecule has 0 bridgehead atoms. The van der Waals surface area contributed by atoms with Gasteiger partial charge in [0.25, 0.3) is 0 Å². The minimum absolute atomic E-state index is 0.208. The van der Waals surface area contributed by atoms with Crippen LogP contribution in [0.25, 0.3) is 0 Å². The van der Waals surface area contributed by atoms with Crippen molar-refractivity contribution in [2.75, 3.05) is 20.3 Å². The molecular formula is C4H9ClN2. The van der Waals surface area contributed by atoms with Crippen LogP contribution in [-0.2, 0) is 0 Å². The molecule has 1 atom stereocenters. The lowest BCUT2D eigenvalue weighted by Gasteiger charge is -2.08. The molecule has 1 heterocycles. The highest BCUT2D eigenvalue weighted by molar-refractivity contribution is 6.20. The smallest absolute Gasteiger partial charge is 0.0984 e. The SMILES string of the molecule is CN1CNCC1Cl. The molecule has 0 spiro atoms. The zero-order valence-corrected chi connectivity index (χ0v) is 5.07. The van der Waals surface area contributed by atoms with Crippen molar-refractivity contribution in [3.8, 4) is 0 Å². The molecule has 0 radical (unpaired) electrons. The van der Waals surface area contributed by atoms with Gasteiger partial charge in [-0.2, -0.15) is 0 Å². The van der Waals surface area contributed by atoms with Gasteiger partial charge in [-0.15, -0.1) is 11.6 Å². The zero-order valence-electron chi connectivity index (χ0n) is 4.32. The maximum atomic E-state index is 5.73. The maximum Gasteiger partial charge on any atom is 0.0984 e. The van der Waals surface area contributed by atoms with Crippen LogP contribution in [0.2, 0.25) is 0 Å². The molecule has 1 aliphatic rings. The first kappa shape index (κ1) is 5.35.